The number of nitrogens with one attached hydrogen (secondary N) is 1. The van der Waals surface area contributed by atoms with Crippen molar-refractivity contribution in [3.8, 4) is 0 Å². The fourth-order valence-electron chi connectivity index (χ4n) is 2.75. The average molecular weight is 270 g/mol. The fraction of sp³-hybridized carbons (Fsp3) is 0.846. The van der Waals surface area contributed by atoms with E-state index < -0.39 is 17.9 Å². The monoisotopic (exact) mass is 270 g/mol. The van der Waals surface area contributed by atoms with Crippen molar-refractivity contribution < 1.29 is 19.4 Å². The van der Waals surface area contributed by atoms with Gasteiger partial charge in [-0.2, -0.15) is 0 Å². The maximum Gasteiger partial charge on any atom is 0.317 e. The second kappa shape index (κ2) is 5.77. The first-order valence-electron chi connectivity index (χ1n) is 6.86. The second-order valence-electron chi connectivity index (χ2n) is 5.72. The highest BCUT2D eigenvalue weighted by atomic mass is 16.5. The first kappa shape index (κ1) is 14.1. The summed E-state index contributed by atoms with van der Waals surface area (Å²) in [6, 6.07) is -0.378. The Bertz CT molecular complexity index is 361. The van der Waals surface area contributed by atoms with Crippen LogP contribution in [-0.2, 0) is 9.53 Å². The molecule has 0 aromatic rings. The predicted molar refractivity (Wildman–Crippen MR) is 68.8 cm³/mol. The van der Waals surface area contributed by atoms with E-state index in [1.54, 1.807) is 0 Å². The number of likely N-dealkylation sites (tertiary alicyclic amines) is 1. The van der Waals surface area contributed by atoms with Gasteiger partial charge in [-0.3, -0.25) is 4.79 Å². The van der Waals surface area contributed by atoms with Gasteiger partial charge < -0.3 is 20.1 Å². The number of nitrogens with zero attached hydrogens (tertiary/aromatic N) is 1. The quantitative estimate of drug-likeness (QED) is 0.782. The van der Waals surface area contributed by atoms with Crippen LogP contribution in [-0.4, -0.2) is 53.8 Å². The molecule has 19 heavy (non-hydrogen) atoms. The molecule has 4 unspecified atom stereocenters. The molecule has 0 aromatic carbocycles. The lowest BCUT2D eigenvalue weighted by Gasteiger charge is -2.37. The molecule has 2 aliphatic heterocycles. The zero-order valence-electron chi connectivity index (χ0n) is 11.5. The van der Waals surface area contributed by atoms with Gasteiger partial charge in [0, 0.05) is 12.6 Å². The third-order valence-corrected chi connectivity index (χ3v) is 4.09. The Hall–Kier alpha value is -1.30. The Balaban J connectivity index is 1.94. The molecule has 6 heteroatoms. The van der Waals surface area contributed by atoms with E-state index in [0.717, 1.165) is 19.4 Å². The summed E-state index contributed by atoms with van der Waals surface area (Å²) >= 11 is 0. The van der Waals surface area contributed by atoms with Crippen LogP contribution >= 0.6 is 0 Å². The van der Waals surface area contributed by atoms with E-state index in [2.05, 4.69) is 12.2 Å². The van der Waals surface area contributed by atoms with Crippen molar-refractivity contribution in [1.29, 1.82) is 0 Å². The largest absolute Gasteiger partial charge is 0.481 e. The molecule has 0 saturated carbocycles. The lowest BCUT2D eigenvalue weighted by atomic mass is 9.95. The standard InChI is InChI=1S/C13H22N2O4/c1-8-3-4-9(2)15(5-8)13(18)14-11-7-19-6-10(11)12(16)17/h8-11H,3-7H2,1-2H3,(H,14,18)(H,16,17). The molecule has 2 fully saturated rings. The molecule has 0 radical (unpaired) electrons. The van der Waals surface area contributed by atoms with Gasteiger partial charge in [-0.25, -0.2) is 4.79 Å². The molecule has 2 aliphatic rings. The van der Waals surface area contributed by atoms with E-state index in [1.807, 2.05) is 11.8 Å². The Morgan fingerprint density at radius 2 is 2.00 bits per heavy atom. The zero-order chi connectivity index (χ0) is 14.0. The fourth-order valence-corrected chi connectivity index (χ4v) is 2.75. The Morgan fingerprint density at radius 3 is 2.68 bits per heavy atom. The molecule has 4 atom stereocenters. The number of carbonyl (C=O) groups is 2. The van der Waals surface area contributed by atoms with Crippen LogP contribution in [0.5, 0.6) is 0 Å². The Morgan fingerprint density at radius 1 is 1.26 bits per heavy atom. The number of carbonyl (C=O) groups excluding carboxylic acids is 1. The van der Waals surface area contributed by atoms with E-state index in [-0.39, 0.29) is 25.3 Å². The maximum atomic E-state index is 12.2. The second-order valence-corrected chi connectivity index (χ2v) is 5.72. The maximum absolute atomic E-state index is 12.2. The Kier molecular flexibility index (Phi) is 4.29. The van der Waals surface area contributed by atoms with Crippen LogP contribution in [0.3, 0.4) is 0 Å². The lowest BCUT2D eigenvalue weighted by Crippen LogP contribution is -2.54. The molecule has 2 saturated heterocycles. The SMILES string of the molecule is CC1CCC(C)N(C(=O)NC2COCC2C(=O)O)C1. The minimum Gasteiger partial charge on any atom is -0.481 e. The smallest absolute Gasteiger partial charge is 0.317 e. The molecular weight excluding hydrogens is 248 g/mol. The number of amides is 2. The van der Waals surface area contributed by atoms with E-state index in [0.29, 0.717) is 5.92 Å². The summed E-state index contributed by atoms with van der Waals surface area (Å²) in [6.45, 7) is 5.35. The number of aliphatic carboxylic acids is 1. The topological polar surface area (TPSA) is 78.9 Å². The molecule has 2 N–H and O–H groups in total. The molecule has 0 aromatic heterocycles. The van der Waals surface area contributed by atoms with E-state index in [9.17, 15) is 9.59 Å². The van der Waals surface area contributed by atoms with Crippen LogP contribution in [0.15, 0.2) is 0 Å². The van der Waals surface area contributed by atoms with E-state index >= 15 is 0 Å². The van der Waals surface area contributed by atoms with E-state index in [4.69, 9.17) is 9.84 Å². The summed E-state index contributed by atoms with van der Waals surface area (Å²) in [6.07, 6.45) is 2.13. The highest BCUT2D eigenvalue weighted by Gasteiger charge is 2.37. The molecule has 108 valence electrons. The summed E-state index contributed by atoms with van der Waals surface area (Å²) in [5.41, 5.74) is 0. The first-order chi connectivity index (χ1) is 8.99. The van der Waals surface area contributed by atoms with Crippen LogP contribution in [0.4, 0.5) is 4.79 Å². The Labute approximate surface area is 113 Å². The third-order valence-electron chi connectivity index (χ3n) is 4.09. The van der Waals surface area contributed by atoms with Gasteiger partial charge in [0.25, 0.3) is 0 Å². The number of carboxylic acid groups (broad SMARTS) is 1. The molecular formula is C13H22N2O4. The zero-order valence-corrected chi connectivity index (χ0v) is 11.5. The lowest BCUT2D eigenvalue weighted by molar-refractivity contribution is -0.142. The number of rotatable bonds is 2. The van der Waals surface area contributed by atoms with Crippen LogP contribution < -0.4 is 5.32 Å². The minimum absolute atomic E-state index is 0.166. The highest BCUT2D eigenvalue weighted by molar-refractivity contribution is 5.77. The number of hydrogen-bond donors (Lipinski definition) is 2. The van der Waals surface area contributed by atoms with Gasteiger partial charge in [0.2, 0.25) is 0 Å². The molecule has 0 bridgehead atoms. The summed E-state index contributed by atoms with van der Waals surface area (Å²) in [5.74, 6) is -1.05. The molecule has 2 rings (SSSR count). The number of carboxylic acids is 1. The van der Waals surface area contributed by atoms with Gasteiger partial charge >= 0.3 is 12.0 Å². The average Bonchev–Trinajstić information content (AvgIpc) is 2.80. The van der Waals surface area contributed by atoms with Gasteiger partial charge in [-0.05, 0) is 25.7 Å². The van der Waals surface area contributed by atoms with Crippen molar-refractivity contribution in [2.45, 2.75) is 38.8 Å². The van der Waals surface area contributed by atoms with Crippen LogP contribution in [0.1, 0.15) is 26.7 Å². The van der Waals surface area contributed by atoms with Crippen molar-refractivity contribution in [2.24, 2.45) is 11.8 Å². The summed E-state index contributed by atoms with van der Waals surface area (Å²) in [4.78, 5) is 25.1. The molecule has 6 nitrogen and oxygen atoms in total. The minimum atomic E-state index is -0.914. The molecule has 0 aliphatic carbocycles. The van der Waals surface area contributed by atoms with Gasteiger partial charge in [0.15, 0.2) is 0 Å². The highest BCUT2D eigenvalue weighted by Crippen LogP contribution is 2.22. The van der Waals surface area contributed by atoms with Crippen molar-refractivity contribution >= 4 is 12.0 Å². The van der Waals surface area contributed by atoms with Gasteiger partial charge in [-0.1, -0.05) is 6.92 Å². The van der Waals surface area contributed by atoms with Crippen LogP contribution in [0.25, 0.3) is 0 Å². The third kappa shape index (κ3) is 3.18. The van der Waals surface area contributed by atoms with Gasteiger partial charge in [-0.15, -0.1) is 0 Å². The summed E-state index contributed by atoms with van der Waals surface area (Å²) in [5, 5.41) is 11.9. The van der Waals surface area contributed by atoms with Crippen molar-refractivity contribution in [2.75, 3.05) is 19.8 Å². The number of piperidine rings is 1. The number of urea groups is 1. The van der Waals surface area contributed by atoms with E-state index in [1.165, 1.54) is 0 Å². The van der Waals surface area contributed by atoms with Crippen LogP contribution in [0, 0.1) is 11.8 Å². The molecule has 2 amide bonds. The number of hydrogen-bond acceptors (Lipinski definition) is 3. The summed E-state index contributed by atoms with van der Waals surface area (Å²) in [7, 11) is 0. The normalized spacial score (nSPS) is 35.2. The first-order valence-corrected chi connectivity index (χ1v) is 6.86. The van der Waals surface area contributed by atoms with Crippen molar-refractivity contribution in [1.82, 2.24) is 10.2 Å². The van der Waals surface area contributed by atoms with Crippen LogP contribution in [0.2, 0.25) is 0 Å². The van der Waals surface area contributed by atoms with Gasteiger partial charge in [0.05, 0.1) is 19.3 Å². The van der Waals surface area contributed by atoms with Crippen molar-refractivity contribution in [3.05, 3.63) is 0 Å². The van der Waals surface area contributed by atoms with Gasteiger partial charge in [0.1, 0.15) is 5.92 Å². The summed E-state index contributed by atoms with van der Waals surface area (Å²) < 4.78 is 5.15. The van der Waals surface area contributed by atoms with Crippen molar-refractivity contribution in [3.63, 3.8) is 0 Å². The molecule has 2 heterocycles. The molecule has 0 spiro atoms. The predicted octanol–water partition coefficient (Wildman–Crippen LogP) is 0.916. The number of ether oxygens (including phenoxy) is 1.